The van der Waals surface area contributed by atoms with Gasteiger partial charge in [0.15, 0.2) is 11.6 Å². The fraction of sp³-hybridized carbons (Fsp3) is 0.647. The summed E-state index contributed by atoms with van der Waals surface area (Å²) < 4.78 is 27.4. The maximum absolute atomic E-state index is 14.0. The van der Waals surface area contributed by atoms with Gasteiger partial charge in [0.05, 0.1) is 0 Å². The second kappa shape index (κ2) is 9.11. The van der Waals surface area contributed by atoms with Crippen LogP contribution in [0.3, 0.4) is 0 Å². The van der Waals surface area contributed by atoms with Gasteiger partial charge in [-0.2, -0.15) is 0 Å². The molecule has 0 bridgehead atoms. The molecule has 21 heavy (non-hydrogen) atoms. The molecule has 1 aromatic rings. The first-order chi connectivity index (χ1) is 9.95. The Bertz CT molecular complexity index is 421. The first-order valence-electron chi connectivity index (χ1n) is 7.81. The number of benzene rings is 1. The van der Waals surface area contributed by atoms with Gasteiger partial charge in [-0.1, -0.05) is 32.9 Å². The van der Waals surface area contributed by atoms with Crippen LogP contribution >= 0.6 is 0 Å². The van der Waals surface area contributed by atoms with Gasteiger partial charge in [-0.25, -0.2) is 8.78 Å². The fourth-order valence-electron chi connectivity index (χ4n) is 2.26. The van der Waals surface area contributed by atoms with E-state index < -0.39 is 11.6 Å². The normalized spacial score (nSPS) is 13.1. The third-order valence-electron chi connectivity index (χ3n) is 3.58. The Hall–Kier alpha value is -1.00. The minimum absolute atomic E-state index is 0.183. The molecule has 0 fully saturated rings. The summed E-state index contributed by atoms with van der Waals surface area (Å²) >= 11 is 0. The lowest BCUT2D eigenvalue weighted by Gasteiger charge is -2.26. The van der Waals surface area contributed by atoms with Gasteiger partial charge in [0, 0.05) is 18.2 Å². The second-order valence-corrected chi connectivity index (χ2v) is 6.09. The van der Waals surface area contributed by atoms with Crippen molar-refractivity contribution in [2.24, 2.45) is 5.92 Å². The molecule has 0 radical (unpaired) electrons. The van der Waals surface area contributed by atoms with E-state index in [1.807, 2.05) is 7.05 Å². The molecule has 1 unspecified atom stereocenters. The summed E-state index contributed by atoms with van der Waals surface area (Å²) in [5.74, 6) is -0.871. The summed E-state index contributed by atoms with van der Waals surface area (Å²) in [5, 5.41) is 3.32. The molecule has 0 heterocycles. The number of nitrogens with one attached hydrogen (secondary N) is 1. The van der Waals surface area contributed by atoms with Crippen LogP contribution in [0.4, 0.5) is 8.78 Å². The zero-order chi connectivity index (χ0) is 15.8. The van der Waals surface area contributed by atoms with E-state index in [1.54, 1.807) is 12.1 Å². The number of hydrogen-bond acceptors (Lipinski definition) is 2. The lowest BCUT2D eigenvalue weighted by atomic mass is 10.0. The average Bonchev–Trinajstić information content (AvgIpc) is 2.44. The Morgan fingerprint density at radius 1 is 1.24 bits per heavy atom. The Balaban J connectivity index is 2.77. The highest BCUT2D eigenvalue weighted by Crippen LogP contribution is 2.20. The Labute approximate surface area is 127 Å². The molecular weight excluding hydrogens is 270 g/mol. The number of hydrogen-bond donors (Lipinski definition) is 1. The zero-order valence-electron chi connectivity index (χ0n) is 13.6. The minimum Gasteiger partial charge on any atom is -0.309 e. The zero-order valence-corrected chi connectivity index (χ0v) is 13.6. The van der Waals surface area contributed by atoms with Crippen LogP contribution in [0.25, 0.3) is 0 Å². The highest BCUT2D eigenvalue weighted by Gasteiger charge is 2.19. The van der Waals surface area contributed by atoms with Gasteiger partial charge in [0.1, 0.15) is 0 Å². The van der Waals surface area contributed by atoms with Crippen LogP contribution in [0.15, 0.2) is 18.2 Å². The molecule has 2 nitrogen and oxygen atoms in total. The average molecular weight is 298 g/mol. The molecule has 1 aromatic carbocycles. The van der Waals surface area contributed by atoms with E-state index in [1.165, 1.54) is 0 Å². The molecule has 4 heteroatoms. The number of halogens is 2. The van der Waals surface area contributed by atoms with E-state index in [0.717, 1.165) is 32.0 Å². The van der Waals surface area contributed by atoms with Crippen LogP contribution in [-0.4, -0.2) is 31.6 Å². The van der Waals surface area contributed by atoms with Crippen LogP contribution in [0.5, 0.6) is 0 Å². The molecule has 0 saturated carbocycles. The lowest BCUT2D eigenvalue weighted by molar-refractivity contribution is 0.271. The van der Waals surface area contributed by atoms with Crippen molar-refractivity contribution in [3.8, 4) is 0 Å². The van der Waals surface area contributed by atoms with Crippen LogP contribution < -0.4 is 5.32 Å². The van der Waals surface area contributed by atoms with Gasteiger partial charge in [0.2, 0.25) is 0 Å². The maximum atomic E-state index is 14.0. The predicted octanol–water partition coefficient (Wildman–Crippen LogP) is 3.98. The van der Waals surface area contributed by atoms with Crippen molar-refractivity contribution in [3.63, 3.8) is 0 Å². The molecule has 0 aliphatic carbocycles. The fourth-order valence-corrected chi connectivity index (χ4v) is 2.26. The monoisotopic (exact) mass is 298 g/mol. The van der Waals surface area contributed by atoms with E-state index in [-0.39, 0.29) is 6.04 Å². The minimum atomic E-state index is -0.777. The molecular formula is C17H28F2N2. The Morgan fingerprint density at radius 3 is 2.57 bits per heavy atom. The van der Waals surface area contributed by atoms with Crippen LogP contribution in [0.1, 0.15) is 45.2 Å². The van der Waals surface area contributed by atoms with Gasteiger partial charge in [0.25, 0.3) is 0 Å². The summed E-state index contributed by atoms with van der Waals surface area (Å²) in [4.78, 5) is 2.18. The number of rotatable bonds is 9. The third kappa shape index (κ3) is 6.10. The van der Waals surface area contributed by atoms with E-state index in [2.05, 4.69) is 31.0 Å². The van der Waals surface area contributed by atoms with Crippen molar-refractivity contribution >= 4 is 0 Å². The topological polar surface area (TPSA) is 15.3 Å². The lowest BCUT2D eigenvalue weighted by Crippen LogP contribution is -2.35. The van der Waals surface area contributed by atoms with Crippen LogP contribution in [0.2, 0.25) is 0 Å². The summed E-state index contributed by atoms with van der Waals surface area (Å²) in [6.07, 6.45) is 2.06. The SMILES string of the molecule is CCCNC(CN(C)CCC(C)C)c1cccc(F)c1F. The third-order valence-corrected chi connectivity index (χ3v) is 3.58. The Kier molecular flexibility index (Phi) is 7.83. The first kappa shape index (κ1) is 18.1. The van der Waals surface area contributed by atoms with E-state index in [4.69, 9.17) is 0 Å². The molecule has 0 spiro atoms. The van der Waals surface area contributed by atoms with Crippen LogP contribution in [0, 0.1) is 17.6 Å². The largest absolute Gasteiger partial charge is 0.309 e. The molecule has 0 aliphatic heterocycles. The Morgan fingerprint density at radius 2 is 1.95 bits per heavy atom. The number of likely N-dealkylation sites (N-methyl/N-ethyl adjacent to an activating group) is 1. The van der Waals surface area contributed by atoms with Crippen molar-refractivity contribution in [3.05, 3.63) is 35.4 Å². The van der Waals surface area contributed by atoms with Crippen molar-refractivity contribution < 1.29 is 8.78 Å². The van der Waals surface area contributed by atoms with Gasteiger partial charge in [-0.05, 0) is 45.0 Å². The van der Waals surface area contributed by atoms with Gasteiger partial charge in [-0.15, -0.1) is 0 Å². The molecule has 120 valence electrons. The smallest absolute Gasteiger partial charge is 0.163 e. The predicted molar refractivity (Wildman–Crippen MR) is 84.3 cm³/mol. The molecule has 0 aromatic heterocycles. The van der Waals surface area contributed by atoms with Crippen LogP contribution in [-0.2, 0) is 0 Å². The quantitative estimate of drug-likeness (QED) is 0.742. The molecule has 0 amide bonds. The van der Waals surface area contributed by atoms with E-state index in [9.17, 15) is 8.78 Å². The van der Waals surface area contributed by atoms with Gasteiger partial charge >= 0.3 is 0 Å². The maximum Gasteiger partial charge on any atom is 0.163 e. The van der Waals surface area contributed by atoms with Crippen molar-refractivity contribution in [1.82, 2.24) is 10.2 Å². The summed E-state index contributed by atoms with van der Waals surface area (Å²) in [5.41, 5.74) is 0.417. The van der Waals surface area contributed by atoms with Gasteiger partial charge < -0.3 is 10.2 Å². The molecule has 1 atom stereocenters. The molecule has 1 N–H and O–H groups in total. The number of nitrogens with zero attached hydrogens (tertiary/aromatic N) is 1. The molecule has 1 rings (SSSR count). The standard InChI is InChI=1S/C17H28F2N2/c1-5-10-20-16(12-21(4)11-9-13(2)3)14-7-6-8-15(18)17(14)19/h6-8,13,16,20H,5,9-12H2,1-4H3. The first-order valence-corrected chi connectivity index (χ1v) is 7.81. The molecule has 0 aliphatic rings. The summed E-state index contributed by atoms with van der Waals surface area (Å²) in [7, 11) is 2.03. The van der Waals surface area contributed by atoms with E-state index in [0.29, 0.717) is 18.0 Å². The molecule has 0 saturated heterocycles. The highest BCUT2D eigenvalue weighted by atomic mass is 19.2. The summed E-state index contributed by atoms with van der Waals surface area (Å²) in [6.45, 7) is 8.86. The van der Waals surface area contributed by atoms with Crippen molar-refractivity contribution in [2.45, 2.75) is 39.7 Å². The van der Waals surface area contributed by atoms with Gasteiger partial charge in [-0.3, -0.25) is 0 Å². The van der Waals surface area contributed by atoms with Crippen molar-refractivity contribution in [1.29, 1.82) is 0 Å². The summed E-state index contributed by atoms with van der Waals surface area (Å²) in [6, 6.07) is 4.22. The van der Waals surface area contributed by atoms with E-state index >= 15 is 0 Å². The highest BCUT2D eigenvalue weighted by molar-refractivity contribution is 5.23. The van der Waals surface area contributed by atoms with Crippen molar-refractivity contribution in [2.75, 3.05) is 26.7 Å². The second-order valence-electron chi connectivity index (χ2n) is 6.09.